The first-order valence-electron chi connectivity index (χ1n) is 6.28. The van der Waals surface area contributed by atoms with Crippen LogP contribution in [0.3, 0.4) is 0 Å². The second kappa shape index (κ2) is 4.28. The number of carbonyl (C=O) groups is 1. The maximum Gasteiger partial charge on any atom is 0.422 e. The second-order valence-electron chi connectivity index (χ2n) is 5.36. The van der Waals surface area contributed by atoms with E-state index < -0.39 is 23.3 Å². The fourth-order valence-corrected chi connectivity index (χ4v) is 3.39. The van der Waals surface area contributed by atoms with Gasteiger partial charge in [0.2, 0.25) is 0 Å². The zero-order valence-corrected chi connectivity index (χ0v) is 10.3. The Labute approximate surface area is 104 Å². The van der Waals surface area contributed by atoms with E-state index in [1.165, 1.54) is 0 Å². The molecule has 0 amide bonds. The summed E-state index contributed by atoms with van der Waals surface area (Å²) in [6, 6.07) is 0. The Kier molecular flexibility index (Phi) is 3.19. The summed E-state index contributed by atoms with van der Waals surface area (Å²) in [5.74, 6) is -0.587. The van der Waals surface area contributed by atoms with E-state index in [1.54, 1.807) is 0 Å². The maximum atomic E-state index is 12.4. The van der Waals surface area contributed by atoms with Crippen LogP contribution in [0.5, 0.6) is 0 Å². The van der Waals surface area contributed by atoms with E-state index in [9.17, 15) is 18.0 Å². The normalized spacial score (nSPS) is 34.7. The van der Waals surface area contributed by atoms with Crippen LogP contribution < -0.4 is 0 Å². The van der Waals surface area contributed by atoms with Crippen LogP contribution in [0.15, 0.2) is 12.2 Å². The smallest absolute Gasteiger partial charge is 0.422 e. The molecule has 0 aliphatic heterocycles. The van der Waals surface area contributed by atoms with Gasteiger partial charge in [0, 0.05) is 0 Å². The minimum atomic E-state index is -4.70. The van der Waals surface area contributed by atoms with E-state index in [0.717, 1.165) is 19.3 Å². The summed E-state index contributed by atoms with van der Waals surface area (Å²) in [7, 11) is 0. The van der Waals surface area contributed by atoms with Crippen LogP contribution in [0, 0.1) is 11.8 Å². The van der Waals surface area contributed by atoms with E-state index in [1.807, 2.05) is 6.92 Å². The van der Waals surface area contributed by atoms with Crippen molar-refractivity contribution in [2.24, 2.45) is 11.8 Å². The van der Waals surface area contributed by atoms with Crippen molar-refractivity contribution < 1.29 is 22.7 Å². The number of carbonyl (C=O) groups excluding carboxylic acids is 1. The Balaban J connectivity index is 2.08. The molecule has 2 fully saturated rings. The van der Waals surface area contributed by atoms with Crippen LogP contribution in [-0.4, -0.2) is 17.7 Å². The summed E-state index contributed by atoms with van der Waals surface area (Å²) in [4.78, 5) is 11.5. The number of hydrogen-bond acceptors (Lipinski definition) is 2. The molecule has 3 atom stereocenters. The van der Waals surface area contributed by atoms with Gasteiger partial charge < -0.3 is 4.74 Å². The molecular formula is C13H17F3O2. The van der Waals surface area contributed by atoms with Gasteiger partial charge in [-0.05, 0) is 43.9 Å². The number of rotatable bonds is 3. The molecule has 0 saturated heterocycles. The van der Waals surface area contributed by atoms with Gasteiger partial charge in [-0.1, -0.05) is 13.5 Å². The molecular weight excluding hydrogens is 245 g/mol. The van der Waals surface area contributed by atoms with Crippen LogP contribution in [0.4, 0.5) is 13.2 Å². The Morgan fingerprint density at radius 2 is 2.11 bits per heavy atom. The number of alkyl halides is 3. The molecule has 102 valence electrons. The van der Waals surface area contributed by atoms with Crippen LogP contribution in [0.2, 0.25) is 0 Å². The van der Waals surface area contributed by atoms with Crippen LogP contribution >= 0.6 is 0 Å². The van der Waals surface area contributed by atoms with Crippen molar-refractivity contribution in [1.82, 2.24) is 0 Å². The number of fused-ring (bicyclic) bond motifs is 2. The molecule has 5 heteroatoms. The van der Waals surface area contributed by atoms with Crippen LogP contribution in [0.1, 0.15) is 39.0 Å². The average Bonchev–Trinajstić information content (AvgIpc) is 2.87. The summed E-state index contributed by atoms with van der Waals surface area (Å²) in [5.41, 5.74) is -2.09. The first kappa shape index (κ1) is 13.4. The monoisotopic (exact) mass is 262 g/mol. The number of esters is 1. The van der Waals surface area contributed by atoms with E-state index in [-0.39, 0.29) is 5.92 Å². The molecule has 3 unspecified atom stereocenters. The molecule has 2 bridgehead atoms. The van der Waals surface area contributed by atoms with E-state index >= 15 is 0 Å². The van der Waals surface area contributed by atoms with Crippen molar-refractivity contribution in [2.75, 3.05) is 0 Å². The fourth-order valence-electron chi connectivity index (χ4n) is 3.39. The van der Waals surface area contributed by atoms with Crippen molar-refractivity contribution in [1.29, 1.82) is 0 Å². The topological polar surface area (TPSA) is 26.3 Å². The first-order valence-corrected chi connectivity index (χ1v) is 6.28. The summed E-state index contributed by atoms with van der Waals surface area (Å²) in [5, 5.41) is 0. The molecule has 2 rings (SSSR count). The molecule has 0 aromatic rings. The third-order valence-electron chi connectivity index (χ3n) is 4.40. The summed E-state index contributed by atoms with van der Waals surface area (Å²) >= 11 is 0. The Hall–Kier alpha value is -1.00. The van der Waals surface area contributed by atoms with E-state index in [2.05, 4.69) is 6.58 Å². The molecule has 18 heavy (non-hydrogen) atoms. The van der Waals surface area contributed by atoms with Crippen molar-refractivity contribution in [3.63, 3.8) is 0 Å². The minimum absolute atomic E-state index is 0.220. The third kappa shape index (κ3) is 2.15. The van der Waals surface area contributed by atoms with Gasteiger partial charge in [-0.25, -0.2) is 4.79 Å². The standard InChI is InChI=1S/C13H17F3O2/c1-3-12(7-9-4-5-10(12)6-9)18-11(17)8(2)13(14,15)16/h9-10H,2-7H2,1H3. The van der Waals surface area contributed by atoms with E-state index in [4.69, 9.17) is 4.74 Å². The number of hydrogen-bond donors (Lipinski definition) is 0. The molecule has 2 aliphatic rings. The van der Waals surface area contributed by atoms with Gasteiger partial charge in [-0.2, -0.15) is 13.2 Å². The molecule has 0 heterocycles. The van der Waals surface area contributed by atoms with Gasteiger partial charge in [-0.15, -0.1) is 0 Å². The van der Waals surface area contributed by atoms with Gasteiger partial charge in [0.25, 0.3) is 0 Å². The molecule has 2 nitrogen and oxygen atoms in total. The molecule has 0 aromatic carbocycles. The zero-order valence-electron chi connectivity index (χ0n) is 10.3. The predicted octanol–water partition coefficient (Wildman–Crippen LogP) is 3.62. The first-order chi connectivity index (χ1) is 8.28. The van der Waals surface area contributed by atoms with Gasteiger partial charge >= 0.3 is 12.1 Å². The molecule has 2 saturated carbocycles. The van der Waals surface area contributed by atoms with Crippen molar-refractivity contribution in [2.45, 2.75) is 50.8 Å². The fraction of sp³-hybridized carbons (Fsp3) is 0.769. The SMILES string of the molecule is C=C(C(=O)OC1(CC)CC2CCC1C2)C(F)(F)F. The zero-order chi connectivity index (χ0) is 13.6. The molecule has 0 aromatic heterocycles. The Morgan fingerprint density at radius 1 is 1.44 bits per heavy atom. The lowest BCUT2D eigenvalue weighted by molar-refractivity contribution is -0.170. The average molecular weight is 262 g/mol. The summed E-state index contributed by atoms with van der Waals surface area (Å²) in [6.07, 6.45) is -0.409. The van der Waals surface area contributed by atoms with Gasteiger partial charge in [0.1, 0.15) is 11.2 Å². The summed E-state index contributed by atoms with van der Waals surface area (Å²) in [6.45, 7) is 4.66. The molecule has 0 spiro atoms. The van der Waals surface area contributed by atoms with Crippen molar-refractivity contribution in [3.05, 3.63) is 12.2 Å². The van der Waals surface area contributed by atoms with Crippen molar-refractivity contribution >= 4 is 5.97 Å². The van der Waals surface area contributed by atoms with Gasteiger partial charge in [-0.3, -0.25) is 0 Å². The molecule has 0 radical (unpaired) electrons. The number of ether oxygens (including phenoxy) is 1. The van der Waals surface area contributed by atoms with E-state index in [0.29, 0.717) is 18.8 Å². The van der Waals surface area contributed by atoms with Crippen molar-refractivity contribution in [3.8, 4) is 0 Å². The highest BCUT2D eigenvalue weighted by atomic mass is 19.4. The second-order valence-corrected chi connectivity index (χ2v) is 5.36. The Morgan fingerprint density at radius 3 is 2.50 bits per heavy atom. The lowest BCUT2D eigenvalue weighted by atomic mass is 9.82. The molecule has 0 N–H and O–H groups in total. The summed E-state index contributed by atoms with van der Waals surface area (Å²) < 4.78 is 42.4. The highest BCUT2D eigenvalue weighted by Crippen LogP contribution is 2.54. The minimum Gasteiger partial charge on any atom is -0.455 e. The lowest BCUT2D eigenvalue weighted by Gasteiger charge is -2.36. The lowest BCUT2D eigenvalue weighted by Crippen LogP contribution is -2.41. The third-order valence-corrected chi connectivity index (χ3v) is 4.40. The van der Waals surface area contributed by atoms with Crippen LogP contribution in [-0.2, 0) is 9.53 Å². The van der Waals surface area contributed by atoms with Crippen LogP contribution in [0.25, 0.3) is 0 Å². The number of halogens is 3. The largest absolute Gasteiger partial charge is 0.455 e. The van der Waals surface area contributed by atoms with Gasteiger partial charge in [0.05, 0.1) is 0 Å². The Bertz CT molecular complexity index is 375. The molecule has 2 aliphatic carbocycles. The highest BCUT2D eigenvalue weighted by Gasteiger charge is 2.53. The quantitative estimate of drug-likeness (QED) is 0.573. The highest BCUT2D eigenvalue weighted by molar-refractivity contribution is 5.89. The maximum absolute atomic E-state index is 12.4. The predicted molar refractivity (Wildman–Crippen MR) is 59.8 cm³/mol. The van der Waals surface area contributed by atoms with Gasteiger partial charge in [0.15, 0.2) is 0 Å².